The lowest BCUT2D eigenvalue weighted by Crippen LogP contribution is -2.32. The van der Waals surface area contributed by atoms with E-state index in [1.807, 2.05) is 38.1 Å². The van der Waals surface area contributed by atoms with E-state index in [1.165, 1.54) is 6.21 Å². The van der Waals surface area contributed by atoms with Gasteiger partial charge in [-0.2, -0.15) is 5.10 Å². The molecule has 0 atom stereocenters. The summed E-state index contributed by atoms with van der Waals surface area (Å²) in [6.07, 6.45) is 2.15. The molecule has 0 aliphatic carbocycles. The van der Waals surface area contributed by atoms with Crippen molar-refractivity contribution in [3.8, 4) is 11.5 Å². The van der Waals surface area contributed by atoms with E-state index in [0.717, 1.165) is 17.5 Å². The number of carbonyl (C=O) groups is 2. The van der Waals surface area contributed by atoms with Gasteiger partial charge in [-0.25, -0.2) is 5.43 Å². The van der Waals surface area contributed by atoms with E-state index in [4.69, 9.17) is 21.1 Å². The highest BCUT2D eigenvalue weighted by Crippen LogP contribution is 2.37. The number of aryl methyl sites for hydroxylation is 1. The topological polar surface area (TPSA) is 89.0 Å². The third-order valence-electron chi connectivity index (χ3n) is 4.86. The normalized spacial score (nSPS) is 10.7. The molecule has 0 fully saturated rings. The number of halogens is 2. The molecule has 2 N–H and O–H groups in total. The number of hydrazone groups is 1. The van der Waals surface area contributed by atoms with Crippen LogP contribution >= 0.6 is 27.5 Å². The molecule has 0 aliphatic heterocycles. The molecule has 2 amide bonds. The SMILES string of the molecule is CCOc1cc(C=NNC(=O)C(=O)Nc2ccccc2CC)cc(Br)c1OCc1ccc(Cl)cc1. The van der Waals surface area contributed by atoms with Crippen molar-refractivity contribution in [1.82, 2.24) is 5.43 Å². The molecular weight excluding hydrogens is 534 g/mol. The molecule has 0 spiro atoms. The molecule has 0 aromatic heterocycles. The smallest absolute Gasteiger partial charge is 0.329 e. The van der Waals surface area contributed by atoms with Crippen LogP contribution in [0.5, 0.6) is 11.5 Å². The van der Waals surface area contributed by atoms with Crippen LogP contribution in [0.25, 0.3) is 0 Å². The van der Waals surface area contributed by atoms with Crippen molar-refractivity contribution < 1.29 is 19.1 Å². The van der Waals surface area contributed by atoms with Crippen LogP contribution in [0, 0.1) is 0 Å². The Morgan fingerprint density at radius 3 is 2.49 bits per heavy atom. The summed E-state index contributed by atoms with van der Waals surface area (Å²) < 4.78 is 12.4. The molecule has 35 heavy (non-hydrogen) atoms. The van der Waals surface area contributed by atoms with E-state index in [-0.39, 0.29) is 0 Å². The van der Waals surface area contributed by atoms with Gasteiger partial charge in [-0.05, 0) is 76.3 Å². The van der Waals surface area contributed by atoms with Crippen LogP contribution in [0.4, 0.5) is 5.69 Å². The van der Waals surface area contributed by atoms with Gasteiger partial charge in [-0.15, -0.1) is 0 Å². The Kier molecular flexibility index (Phi) is 9.69. The molecule has 3 aromatic rings. The Balaban J connectivity index is 1.65. The van der Waals surface area contributed by atoms with E-state index in [0.29, 0.717) is 45.5 Å². The van der Waals surface area contributed by atoms with Gasteiger partial charge in [-0.1, -0.05) is 48.9 Å². The van der Waals surface area contributed by atoms with Crippen LogP contribution in [0.15, 0.2) is 70.2 Å². The van der Waals surface area contributed by atoms with Gasteiger partial charge in [0.25, 0.3) is 0 Å². The second kappa shape index (κ2) is 12.9. The summed E-state index contributed by atoms with van der Waals surface area (Å²) in [7, 11) is 0. The minimum Gasteiger partial charge on any atom is -0.490 e. The number of hydrogen-bond acceptors (Lipinski definition) is 5. The summed E-state index contributed by atoms with van der Waals surface area (Å²) in [6, 6.07) is 18.2. The molecule has 3 aromatic carbocycles. The van der Waals surface area contributed by atoms with Gasteiger partial charge in [-0.3, -0.25) is 9.59 Å². The first kappa shape index (κ1) is 26.2. The Hall–Kier alpha value is -3.36. The molecule has 0 bridgehead atoms. The van der Waals surface area contributed by atoms with Crippen molar-refractivity contribution in [2.24, 2.45) is 5.10 Å². The van der Waals surface area contributed by atoms with Crippen LogP contribution < -0.4 is 20.2 Å². The summed E-state index contributed by atoms with van der Waals surface area (Å²) in [5.74, 6) is -0.626. The Bertz CT molecular complexity index is 1220. The van der Waals surface area contributed by atoms with Gasteiger partial charge in [0.15, 0.2) is 11.5 Å². The minimum absolute atomic E-state index is 0.329. The zero-order chi connectivity index (χ0) is 25.2. The van der Waals surface area contributed by atoms with Gasteiger partial charge < -0.3 is 14.8 Å². The van der Waals surface area contributed by atoms with Gasteiger partial charge in [0.05, 0.1) is 17.3 Å². The lowest BCUT2D eigenvalue weighted by molar-refractivity contribution is -0.136. The minimum atomic E-state index is -0.876. The molecular formula is C26H25BrClN3O4. The zero-order valence-corrected chi connectivity index (χ0v) is 21.7. The summed E-state index contributed by atoms with van der Waals surface area (Å²) in [5.41, 5.74) is 5.37. The predicted octanol–water partition coefficient (Wildman–Crippen LogP) is 5.73. The number of carbonyl (C=O) groups excluding carboxylic acids is 2. The monoisotopic (exact) mass is 557 g/mol. The van der Waals surface area contributed by atoms with Gasteiger partial charge in [0.1, 0.15) is 6.61 Å². The standard InChI is InChI=1S/C26H25BrClN3O4/c1-3-19-7-5-6-8-22(19)30-25(32)26(33)31-29-15-18-13-21(27)24(23(14-18)34-4-2)35-16-17-9-11-20(28)12-10-17/h5-15H,3-4,16H2,1-2H3,(H,30,32)(H,31,33). The number of rotatable bonds is 9. The fourth-order valence-corrected chi connectivity index (χ4v) is 3.85. The van der Waals surface area contributed by atoms with Crippen LogP contribution in [0.3, 0.4) is 0 Å². The summed E-state index contributed by atoms with van der Waals surface area (Å²) >= 11 is 9.44. The van der Waals surface area contributed by atoms with Crippen LogP contribution in [0.1, 0.15) is 30.5 Å². The average molecular weight is 559 g/mol. The van der Waals surface area contributed by atoms with E-state index in [9.17, 15) is 9.59 Å². The summed E-state index contributed by atoms with van der Waals surface area (Å²) in [5, 5.41) is 7.17. The zero-order valence-electron chi connectivity index (χ0n) is 19.3. The number of hydrogen-bond donors (Lipinski definition) is 2. The quantitative estimate of drug-likeness (QED) is 0.199. The van der Waals surface area contributed by atoms with Crippen molar-refractivity contribution in [2.45, 2.75) is 26.9 Å². The summed E-state index contributed by atoms with van der Waals surface area (Å²) in [4.78, 5) is 24.4. The van der Waals surface area contributed by atoms with Gasteiger partial charge >= 0.3 is 11.8 Å². The van der Waals surface area contributed by atoms with Gasteiger partial charge in [0, 0.05) is 10.7 Å². The number of para-hydroxylation sites is 1. The van der Waals surface area contributed by atoms with Crippen molar-refractivity contribution >= 4 is 51.2 Å². The van der Waals surface area contributed by atoms with Crippen molar-refractivity contribution in [3.05, 3.63) is 86.8 Å². The molecule has 182 valence electrons. The second-order valence-electron chi connectivity index (χ2n) is 7.34. The number of anilines is 1. The lowest BCUT2D eigenvalue weighted by atomic mass is 10.1. The maximum Gasteiger partial charge on any atom is 0.329 e. The maximum absolute atomic E-state index is 12.2. The highest BCUT2D eigenvalue weighted by Gasteiger charge is 2.15. The Labute approximate surface area is 217 Å². The highest BCUT2D eigenvalue weighted by molar-refractivity contribution is 9.10. The van der Waals surface area contributed by atoms with Crippen molar-refractivity contribution in [3.63, 3.8) is 0 Å². The number of nitrogens with zero attached hydrogens (tertiary/aromatic N) is 1. The third-order valence-corrected chi connectivity index (χ3v) is 5.70. The molecule has 0 unspecified atom stereocenters. The first-order valence-electron chi connectivity index (χ1n) is 11.0. The maximum atomic E-state index is 12.2. The first-order chi connectivity index (χ1) is 16.9. The largest absolute Gasteiger partial charge is 0.490 e. The molecule has 3 rings (SSSR count). The second-order valence-corrected chi connectivity index (χ2v) is 8.63. The van der Waals surface area contributed by atoms with Crippen LogP contribution in [-0.4, -0.2) is 24.6 Å². The summed E-state index contributed by atoms with van der Waals surface area (Å²) in [6.45, 7) is 4.60. The van der Waals surface area contributed by atoms with Gasteiger partial charge in [0.2, 0.25) is 0 Å². The molecule has 0 saturated carbocycles. The van der Waals surface area contributed by atoms with E-state index >= 15 is 0 Å². The van der Waals surface area contributed by atoms with E-state index in [1.54, 1.807) is 36.4 Å². The fourth-order valence-electron chi connectivity index (χ4n) is 3.15. The molecule has 0 radical (unpaired) electrons. The number of benzene rings is 3. The van der Waals surface area contributed by atoms with E-state index < -0.39 is 11.8 Å². The molecule has 0 aliphatic rings. The lowest BCUT2D eigenvalue weighted by Gasteiger charge is -2.14. The average Bonchev–Trinajstić information content (AvgIpc) is 2.85. The number of nitrogens with one attached hydrogen (secondary N) is 2. The van der Waals surface area contributed by atoms with Crippen molar-refractivity contribution in [1.29, 1.82) is 0 Å². The Morgan fingerprint density at radius 2 is 1.77 bits per heavy atom. The number of ether oxygens (including phenoxy) is 2. The third kappa shape index (κ3) is 7.56. The fraction of sp³-hybridized carbons (Fsp3) is 0.192. The molecule has 9 heteroatoms. The molecule has 7 nitrogen and oxygen atoms in total. The molecule has 0 saturated heterocycles. The first-order valence-corrected chi connectivity index (χ1v) is 12.1. The molecule has 0 heterocycles. The van der Waals surface area contributed by atoms with Crippen molar-refractivity contribution in [2.75, 3.05) is 11.9 Å². The van der Waals surface area contributed by atoms with E-state index in [2.05, 4.69) is 31.8 Å². The predicted molar refractivity (Wildman–Crippen MR) is 141 cm³/mol. The Morgan fingerprint density at radius 1 is 1.03 bits per heavy atom. The van der Waals surface area contributed by atoms with Crippen LogP contribution in [0.2, 0.25) is 5.02 Å². The highest BCUT2D eigenvalue weighted by atomic mass is 79.9. The number of amides is 2. The van der Waals surface area contributed by atoms with Crippen LogP contribution in [-0.2, 0) is 22.6 Å².